The number of hydrogen-bond acceptors (Lipinski definition) is 5. The summed E-state index contributed by atoms with van der Waals surface area (Å²) in [5.74, 6) is -2.45. The first-order chi connectivity index (χ1) is 14.0. The zero-order valence-corrected chi connectivity index (χ0v) is 16.0. The summed E-state index contributed by atoms with van der Waals surface area (Å²) in [7, 11) is 0. The maximum atomic E-state index is 13.4. The number of thiazole rings is 1. The molecule has 1 aromatic carbocycles. The van der Waals surface area contributed by atoms with Gasteiger partial charge in [0, 0.05) is 24.0 Å². The van der Waals surface area contributed by atoms with Gasteiger partial charge in [-0.3, -0.25) is 9.59 Å². The minimum Gasteiger partial charge on any atom is -0.459 e. The molecule has 29 heavy (non-hydrogen) atoms. The number of anilines is 1. The molecular weight excluding hydrogens is 400 g/mol. The van der Waals surface area contributed by atoms with Crippen LogP contribution in [0, 0.1) is 17.6 Å². The number of hydrogen-bond donors (Lipinski definition) is 1. The normalized spacial score (nSPS) is 16.6. The Morgan fingerprint density at radius 1 is 1.24 bits per heavy atom. The first-order valence-corrected chi connectivity index (χ1v) is 9.94. The quantitative estimate of drug-likeness (QED) is 0.691. The van der Waals surface area contributed by atoms with E-state index in [0.29, 0.717) is 42.3 Å². The topological polar surface area (TPSA) is 75.4 Å². The maximum Gasteiger partial charge on any atom is 0.289 e. The lowest BCUT2D eigenvalue weighted by atomic mass is 9.97. The molecule has 1 aliphatic heterocycles. The van der Waals surface area contributed by atoms with Crippen LogP contribution in [0.2, 0.25) is 0 Å². The Labute approximate surface area is 169 Å². The first kappa shape index (κ1) is 19.3. The Balaban J connectivity index is 1.41. The van der Waals surface area contributed by atoms with E-state index in [-0.39, 0.29) is 23.5 Å². The number of carbonyl (C=O) groups excluding carboxylic acids is 2. The molecule has 4 rings (SSSR count). The average molecular weight is 417 g/mol. The largest absolute Gasteiger partial charge is 0.459 e. The number of carbonyl (C=O) groups is 2. The van der Waals surface area contributed by atoms with Gasteiger partial charge in [-0.1, -0.05) is 0 Å². The molecule has 3 heterocycles. The summed E-state index contributed by atoms with van der Waals surface area (Å²) in [6.45, 7) is 0.869. The van der Waals surface area contributed by atoms with E-state index in [2.05, 4.69) is 10.3 Å². The molecule has 0 unspecified atom stereocenters. The van der Waals surface area contributed by atoms with Crippen LogP contribution in [0.25, 0.3) is 11.3 Å². The number of amides is 2. The zero-order valence-electron chi connectivity index (χ0n) is 15.2. The van der Waals surface area contributed by atoms with Crippen LogP contribution in [0.1, 0.15) is 23.4 Å². The Hall–Kier alpha value is -3.07. The van der Waals surface area contributed by atoms with E-state index in [4.69, 9.17) is 4.42 Å². The van der Waals surface area contributed by atoms with Crippen LogP contribution in [0.4, 0.5) is 13.9 Å². The molecule has 0 aliphatic carbocycles. The Kier molecular flexibility index (Phi) is 5.39. The summed E-state index contributed by atoms with van der Waals surface area (Å²) in [4.78, 5) is 31.0. The number of nitrogens with zero attached hydrogens (tertiary/aromatic N) is 2. The van der Waals surface area contributed by atoms with Crippen LogP contribution in [0.5, 0.6) is 0 Å². The monoisotopic (exact) mass is 417 g/mol. The third-order valence-electron chi connectivity index (χ3n) is 4.76. The van der Waals surface area contributed by atoms with Gasteiger partial charge < -0.3 is 14.6 Å². The van der Waals surface area contributed by atoms with Crippen molar-refractivity contribution < 1.29 is 22.8 Å². The predicted molar refractivity (Wildman–Crippen MR) is 103 cm³/mol. The van der Waals surface area contributed by atoms with Gasteiger partial charge in [-0.15, -0.1) is 11.3 Å². The van der Waals surface area contributed by atoms with Gasteiger partial charge in [0.15, 0.2) is 22.5 Å². The number of aromatic nitrogens is 1. The lowest BCUT2D eigenvalue weighted by Crippen LogP contribution is -2.43. The highest BCUT2D eigenvalue weighted by molar-refractivity contribution is 7.14. The van der Waals surface area contributed by atoms with E-state index in [1.54, 1.807) is 22.4 Å². The molecule has 1 aliphatic rings. The third-order valence-corrected chi connectivity index (χ3v) is 5.52. The maximum absolute atomic E-state index is 13.4. The fourth-order valence-electron chi connectivity index (χ4n) is 3.26. The summed E-state index contributed by atoms with van der Waals surface area (Å²) in [6, 6.07) is 6.78. The van der Waals surface area contributed by atoms with E-state index < -0.39 is 11.6 Å². The summed E-state index contributed by atoms with van der Waals surface area (Å²) < 4.78 is 31.7. The highest BCUT2D eigenvalue weighted by Crippen LogP contribution is 2.27. The van der Waals surface area contributed by atoms with E-state index in [1.165, 1.54) is 23.7 Å². The van der Waals surface area contributed by atoms with Gasteiger partial charge in [0.05, 0.1) is 17.9 Å². The van der Waals surface area contributed by atoms with Gasteiger partial charge in [0.1, 0.15) is 0 Å². The van der Waals surface area contributed by atoms with Crippen LogP contribution < -0.4 is 5.32 Å². The molecule has 1 N–H and O–H groups in total. The lowest BCUT2D eigenvalue weighted by Gasteiger charge is -2.31. The van der Waals surface area contributed by atoms with Crippen molar-refractivity contribution in [1.82, 2.24) is 9.88 Å². The van der Waals surface area contributed by atoms with E-state index in [0.717, 1.165) is 12.1 Å². The molecule has 150 valence electrons. The van der Waals surface area contributed by atoms with Crippen molar-refractivity contribution in [3.05, 3.63) is 59.4 Å². The Bertz CT molecular complexity index is 1040. The van der Waals surface area contributed by atoms with Gasteiger partial charge in [-0.25, -0.2) is 13.8 Å². The van der Waals surface area contributed by atoms with Gasteiger partial charge in [0.25, 0.3) is 5.91 Å². The van der Waals surface area contributed by atoms with Crippen molar-refractivity contribution in [3.8, 4) is 11.3 Å². The van der Waals surface area contributed by atoms with E-state index in [1.807, 2.05) is 0 Å². The van der Waals surface area contributed by atoms with Crippen LogP contribution in [0.3, 0.4) is 0 Å². The van der Waals surface area contributed by atoms with Crippen LogP contribution in [0.15, 0.2) is 46.4 Å². The zero-order chi connectivity index (χ0) is 20.4. The molecule has 0 saturated carbocycles. The van der Waals surface area contributed by atoms with Crippen molar-refractivity contribution in [2.75, 3.05) is 18.4 Å². The highest BCUT2D eigenvalue weighted by Gasteiger charge is 2.30. The second-order valence-electron chi connectivity index (χ2n) is 6.72. The smallest absolute Gasteiger partial charge is 0.289 e. The van der Waals surface area contributed by atoms with Gasteiger partial charge in [0.2, 0.25) is 5.91 Å². The van der Waals surface area contributed by atoms with E-state index in [9.17, 15) is 18.4 Å². The number of rotatable bonds is 4. The SMILES string of the molecule is O=C(Nc1nc(-c2ccc(F)c(F)c2)cs1)[C@H]1CCCN(C(=O)c2ccco2)C1. The van der Waals surface area contributed by atoms with E-state index >= 15 is 0 Å². The predicted octanol–water partition coefficient (Wildman–Crippen LogP) is 4.17. The minimum absolute atomic E-state index is 0.229. The molecule has 0 radical (unpaired) electrons. The lowest BCUT2D eigenvalue weighted by molar-refractivity contribution is -0.121. The second-order valence-corrected chi connectivity index (χ2v) is 7.58. The summed E-state index contributed by atoms with van der Waals surface area (Å²) >= 11 is 1.20. The molecule has 3 aromatic rings. The third kappa shape index (κ3) is 4.19. The second kappa shape index (κ2) is 8.12. The molecular formula is C20H17F2N3O3S. The highest BCUT2D eigenvalue weighted by atomic mass is 32.1. The molecule has 2 amide bonds. The average Bonchev–Trinajstić information content (AvgIpc) is 3.42. The Morgan fingerprint density at radius 3 is 2.86 bits per heavy atom. The number of furan rings is 1. The summed E-state index contributed by atoms with van der Waals surface area (Å²) in [6.07, 6.45) is 2.81. The number of likely N-dealkylation sites (tertiary alicyclic amines) is 1. The van der Waals surface area contributed by atoms with Crippen molar-refractivity contribution in [2.45, 2.75) is 12.8 Å². The number of halogens is 2. The van der Waals surface area contributed by atoms with Crippen molar-refractivity contribution in [3.63, 3.8) is 0 Å². The molecule has 9 heteroatoms. The molecule has 0 spiro atoms. The fourth-order valence-corrected chi connectivity index (χ4v) is 3.98. The van der Waals surface area contributed by atoms with Crippen molar-refractivity contribution in [2.24, 2.45) is 5.92 Å². The number of piperidine rings is 1. The molecule has 0 bridgehead atoms. The molecule has 2 aromatic heterocycles. The molecule has 1 saturated heterocycles. The van der Waals surface area contributed by atoms with Crippen molar-refractivity contribution >= 4 is 28.3 Å². The number of nitrogens with one attached hydrogen (secondary N) is 1. The van der Waals surface area contributed by atoms with Gasteiger partial charge in [-0.05, 0) is 43.2 Å². The van der Waals surface area contributed by atoms with Crippen molar-refractivity contribution in [1.29, 1.82) is 0 Å². The first-order valence-electron chi connectivity index (χ1n) is 9.06. The van der Waals surface area contributed by atoms with Gasteiger partial charge in [-0.2, -0.15) is 0 Å². The summed E-state index contributed by atoms with van der Waals surface area (Å²) in [5.41, 5.74) is 0.871. The Morgan fingerprint density at radius 2 is 2.10 bits per heavy atom. The summed E-state index contributed by atoms with van der Waals surface area (Å²) in [5, 5.41) is 4.79. The molecule has 1 fully saturated rings. The standard InChI is InChI=1S/C20H17F2N3O3S/c21-14-6-5-12(9-15(14)22)16-11-29-20(23-16)24-18(26)13-3-1-7-25(10-13)19(27)17-4-2-8-28-17/h2,4-6,8-9,11,13H,1,3,7,10H2,(H,23,24,26)/t13-/m0/s1. The van der Waals surface area contributed by atoms with Crippen LogP contribution in [-0.4, -0.2) is 34.8 Å². The molecule has 1 atom stereocenters. The minimum atomic E-state index is -0.954. The van der Waals surface area contributed by atoms with Crippen LogP contribution in [-0.2, 0) is 4.79 Å². The number of benzene rings is 1. The fraction of sp³-hybridized carbons (Fsp3) is 0.250. The van der Waals surface area contributed by atoms with Gasteiger partial charge >= 0.3 is 0 Å². The molecule has 6 nitrogen and oxygen atoms in total. The van der Waals surface area contributed by atoms with Crippen LogP contribution >= 0.6 is 11.3 Å².